The monoisotopic (exact) mass is 1160 g/mol. The Morgan fingerprint density at radius 3 is 0.598 bits per heavy atom. The van der Waals surface area contributed by atoms with Gasteiger partial charge in [0.1, 0.15) is 0 Å². The molecule has 4 heteroatoms. The minimum absolute atomic E-state index is 0.704. The molecule has 0 heterocycles. The summed E-state index contributed by atoms with van der Waals surface area (Å²) in [6.07, 6.45) is 80.5. The molecule has 6 unspecified atom stereocenters. The van der Waals surface area contributed by atoms with E-state index in [0.717, 1.165) is 12.1 Å². The molecule has 6 atom stereocenters. The molecule has 0 saturated heterocycles. The van der Waals surface area contributed by atoms with E-state index in [1.807, 2.05) is 0 Å². The van der Waals surface area contributed by atoms with E-state index in [-0.39, 0.29) is 0 Å². The topological polar surface area (TPSA) is 6.48 Å². The third-order valence-electron chi connectivity index (χ3n) is 21.5. The van der Waals surface area contributed by atoms with Gasteiger partial charge >= 0.3 is 0 Å². The van der Waals surface area contributed by atoms with E-state index >= 15 is 0 Å². The van der Waals surface area contributed by atoms with Crippen LogP contribution < -0.4 is 0 Å². The van der Waals surface area contributed by atoms with Gasteiger partial charge in [0.2, 0.25) is 0 Å². The Morgan fingerprint density at radius 2 is 0.390 bits per heavy atom. The average molecular weight is 1160 g/mol. The summed E-state index contributed by atoms with van der Waals surface area (Å²) in [4.78, 5) is 5.47. The number of nitrogens with zero attached hydrogens (tertiary/aromatic N) is 4. The van der Waals surface area contributed by atoms with Gasteiger partial charge in [-0.05, 0) is 80.3 Å². The standard InChI is InChI=1S/C78H164N4/c1-13-17-21-25-29-33-37-41-45-49-53-57-65-75(5)79(9)69-63-73-81(11,77(7)67-59-55-51-47-43-39-35-31-27-23-19-15-3)71-61-62-72-82(12,78(8)68-60-56-52-48-44-40-36-32-28-24-20-16-4)74-64-70-80(10)76(6)66-58-54-50-46-42-38-34-30-26-22-18-14-2/h75-78H,13-74H2,1-12H3/q+2. The maximum absolute atomic E-state index is 2.73. The Labute approximate surface area is 522 Å². The summed E-state index contributed by atoms with van der Waals surface area (Å²) in [7, 11) is 10.3. The lowest BCUT2D eigenvalue weighted by atomic mass is 10.0. The molecule has 0 amide bonds. The predicted octanol–water partition coefficient (Wildman–Crippen LogP) is 25.2. The molecule has 0 aromatic heterocycles. The van der Waals surface area contributed by atoms with E-state index in [0.29, 0.717) is 12.1 Å². The number of hydrogen-bond donors (Lipinski definition) is 0. The lowest BCUT2D eigenvalue weighted by Gasteiger charge is -2.43. The van der Waals surface area contributed by atoms with Crippen molar-refractivity contribution >= 4 is 0 Å². The lowest BCUT2D eigenvalue weighted by molar-refractivity contribution is -0.938. The molecule has 0 rings (SSSR count). The average Bonchev–Trinajstić information content (AvgIpc) is 3.58. The van der Waals surface area contributed by atoms with Crippen molar-refractivity contribution in [2.24, 2.45) is 0 Å². The van der Waals surface area contributed by atoms with Crippen molar-refractivity contribution in [3.05, 3.63) is 0 Å². The molecule has 0 saturated carbocycles. The Balaban J connectivity index is 5.48. The fraction of sp³-hybridized carbons (Fsp3) is 1.00. The van der Waals surface area contributed by atoms with Gasteiger partial charge in [-0.3, -0.25) is 0 Å². The molecule has 82 heavy (non-hydrogen) atoms. The highest BCUT2D eigenvalue weighted by Gasteiger charge is 2.31. The van der Waals surface area contributed by atoms with E-state index in [4.69, 9.17) is 0 Å². The second kappa shape index (κ2) is 61.1. The molecule has 0 aliphatic carbocycles. The minimum atomic E-state index is 0.704. The minimum Gasteiger partial charge on any atom is -0.324 e. The first kappa shape index (κ1) is 81.8. The third-order valence-corrected chi connectivity index (χ3v) is 21.5. The first-order valence-electron chi connectivity index (χ1n) is 39.0. The summed E-state index contributed by atoms with van der Waals surface area (Å²) >= 11 is 0. The molecule has 0 aliphatic heterocycles. The van der Waals surface area contributed by atoms with Crippen LogP contribution in [0.2, 0.25) is 0 Å². The lowest BCUT2D eigenvalue weighted by Crippen LogP contribution is -2.54. The quantitative estimate of drug-likeness (QED) is 0.0442. The van der Waals surface area contributed by atoms with Crippen molar-refractivity contribution < 1.29 is 8.97 Å². The summed E-state index contributed by atoms with van der Waals surface area (Å²) in [6.45, 7) is 27.6. The van der Waals surface area contributed by atoms with Gasteiger partial charge in [-0.15, -0.1) is 0 Å². The molecular formula is C78H164N4+2. The van der Waals surface area contributed by atoms with Gasteiger partial charge in [0.05, 0.1) is 52.4 Å². The molecule has 0 aliphatic rings. The van der Waals surface area contributed by atoms with E-state index in [1.54, 1.807) is 0 Å². The maximum Gasteiger partial charge on any atom is 0.0859 e. The summed E-state index contributed by atoms with van der Waals surface area (Å²) in [5.41, 5.74) is 0. The predicted molar refractivity (Wildman–Crippen MR) is 376 cm³/mol. The number of quaternary nitrogens is 2. The van der Waals surface area contributed by atoms with Crippen LogP contribution >= 0.6 is 0 Å². The summed E-state index contributed by atoms with van der Waals surface area (Å²) < 4.78 is 2.58. The van der Waals surface area contributed by atoms with Gasteiger partial charge in [-0.2, -0.15) is 0 Å². The van der Waals surface area contributed by atoms with Gasteiger partial charge < -0.3 is 18.8 Å². The number of rotatable bonds is 69. The maximum atomic E-state index is 2.73. The zero-order valence-electron chi connectivity index (χ0n) is 59.9. The van der Waals surface area contributed by atoms with E-state index < -0.39 is 0 Å². The van der Waals surface area contributed by atoms with Crippen LogP contribution in [-0.2, 0) is 0 Å². The van der Waals surface area contributed by atoms with Gasteiger partial charge in [0.25, 0.3) is 0 Å². The molecule has 0 aromatic carbocycles. The Hall–Kier alpha value is -0.160. The second-order valence-electron chi connectivity index (χ2n) is 29.3. The normalized spacial score (nSPS) is 15.1. The highest BCUT2D eigenvalue weighted by Crippen LogP contribution is 2.25. The Morgan fingerprint density at radius 1 is 0.220 bits per heavy atom. The molecule has 0 aromatic rings. The number of unbranched alkanes of at least 4 members (excludes halogenated alkanes) is 45. The van der Waals surface area contributed by atoms with Crippen molar-refractivity contribution in [2.45, 2.75) is 439 Å². The van der Waals surface area contributed by atoms with Crippen LogP contribution in [0.15, 0.2) is 0 Å². The van der Waals surface area contributed by atoms with Crippen molar-refractivity contribution in [1.29, 1.82) is 0 Å². The van der Waals surface area contributed by atoms with Crippen LogP contribution in [0.5, 0.6) is 0 Å². The zero-order chi connectivity index (χ0) is 60.3. The molecule has 0 bridgehead atoms. The van der Waals surface area contributed by atoms with Crippen LogP contribution in [0, 0.1) is 0 Å². The SMILES string of the molecule is CCCCCCCCCCCCCCC(C)N(C)CCC[N+](C)(CCCC[N+](C)(CCCN(C)C(C)CCCCCCCCCCCCCC)C(C)CCCCCCCCCCCCCC)C(C)CCCCCCCCCCCCCC. The van der Waals surface area contributed by atoms with Crippen LogP contribution in [0.1, 0.15) is 415 Å². The molecular weight excluding hydrogens is 993 g/mol. The van der Waals surface area contributed by atoms with Crippen molar-refractivity contribution in [2.75, 3.05) is 67.5 Å². The fourth-order valence-corrected chi connectivity index (χ4v) is 14.0. The Kier molecular flexibility index (Phi) is 61.0. The van der Waals surface area contributed by atoms with Gasteiger partial charge in [-0.25, -0.2) is 0 Å². The molecule has 0 spiro atoms. The summed E-state index contributed by atoms with van der Waals surface area (Å²) in [6, 6.07) is 2.92. The zero-order valence-corrected chi connectivity index (χ0v) is 59.9. The van der Waals surface area contributed by atoms with Gasteiger partial charge in [0, 0.05) is 50.9 Å². The molecule has 4 nitrogen and oxygen atoms in total. The highest BCUT2D eigenvalue weighted by atomic mass is 15.4. The van der Waals surface area contributed by atoms with E-state index in [9.17, 15) is 0 Å². The van der Waals surface area contributed by atoms with Crippen molar-refractivity contribution in [3.8, 4) is 0 Å². The third kappa shape index (κ3) is 50.8. The van der Waals surface area contributed by atoms with Crippen LogP contribution in [0.4, 0.5) is 0 Å². The second-order valence-corrected chi connectivity index (χ2v) is 29.3. The van der Waals surface area contributed by atoms with Crippen molar-refractivity contribution in [1.82, 2.24) is 9.80 Å². The van der Waals surface area contributed by atoms with Crippen LogP contribution in [0.3, 0.4) is 0 Å². The van der Waals surface area contributed by atoms with E-state index in [1.165, 1.54) is 408 Å². The van der Waals surface area contributed by atoms with Crippen LogP contribution in [-0.4, -0.2) is 110 Å². The van der Waals surface area contributed by atoms with E-state index in [2.05, 4.69) is 93.4 Å². The van der Waals surface area contributed by atoms with Gasteiger partial charge in [-0.1, -0.05) is 323 Å². The first-order chi connectivity index (χ1) is 39.9. The summed E-state index contributed by atoms with van der Waals surface area (Å²) in [5, 5.41) is 0. The molecule has 0 fully saturated rings. The van der Waals surface area contributed by atoms with Gasteiger partial charge in [0.15, 0.2) is 0 Å². The van der Waals surface area contributed by atoms with Crippen molar-refractivity contribution in [3.63, 3.8) is 0 Å². The Bertz CT molecular complexity index is 1130. The highest BCUT2D eigenvalue weighted by molar-refractivity contribution is 4.68. The molecule has 0 radical (unpaired) electrons. The van der Waals surface area contributed by atoms with Crippen LogP contribution in [0.25, 0.3) is 0 Å². The largest absolute Gasteiger partial charge is 0.324 e. The summed E-state index contributed by atoms with van der Waals surface area (Å²) in [5.74, 6) is 0. The first-order valence-corrected chi connectivity index (χ1v) is 39.0. The smallest absolute Gasteiger partial charge is 0.0859 e. The fourth-order valence-electron chi connectivity index (χ4n) is 14.0. The number of hydrogen-bond acceptors (Lipinski definition) is 2. The molecule has 0 N–H and O–H groups in total. The molecule has 494 valence electrons.